The molecule has 0 radical (unpaired) electrons. The summed E-state index contributed by atoms with van der Waals surface area (Å²) in [6.07, 6.45) is 7.80. The Kier molecular flexibility index (Phi) is 10.9. The molecule has 2 heterocycles. The van der Waals surface area contributed by atoms with Crippen LogP contribution in [0, 0.1) is 0 Å². The van der Waals surface area contributed by atoms with Crippen LogP contribution in [0.4, 0.5) is 21.9 Å². The molecule has 0 unspecified atom stereocenters. The van der Waals surface area contributed by atoms with Crippen molar-refractivity contribution >= 4 is 50.8 Å². The van der Waals surface area contributed by atoms with Gasteiger partial charge in [-0.15, -0.1) is 11.8 Å². The number of carbonyl (C=O) groups is 2. The van der Waals surface area contributed by atoms with E-state index in [1.165, 1.54) is 37.0 Å². The molecule has 1 N–H and O–H groups in total. The number of carbonyl (C=O) groups excluding carboxylic acids is 2. The van der Waals surface area contributed by atoms with Gasteiger partial charge in [0.1, 0.15) is 5.60 Å². The van der Waals surface area contributed by atoms with Gasteiger partial charge < -0.3 is 19.4 Å². The average molecular weight is 631 g/mol. The molecular formula is C32H46N4O5S2. The molecule has 2 aliphatic heterocycles. The van der Waals surface area contributed by atoms with Crippen LogP contribution < -0.4 is 14.5 Å². The molecule has 2 aliphatic rings. The molecule has 1 fully saturated rings. The first kappa shape index (κ1) is 33.0. The van der Waals surface area contributed by atoms with Crippen molar-refractivity contribution in [2.75, 3.05) is 59.3 Å². The van der Waals surface area contributed by atoms with Gasteiger partial charge in [-0.1, -0.05) is 32.6 Å². The molecule has 0 aliphatic carbocycles. The highest BCUT2D eigenvalue weighted by Gasteiger charge is 2.30. The lowest BCUT2D eigenvalue weighted by Crippen LogP contribution is -2.50. The number of anilines is 3. The third-order valence-corrected chi connectivity index (χ3v) is 9.20. The van der Waals surface area contributed by atoms with Crippen molar-refractivity contribution in [2.24, 2.45) is 0 Å². The number of rotatable bonds is 11. The van der Waals surface area contributed by atoms with Gasteiger partial charge in [0.2, 0.25) is 10.0 Å². The second kappa shape index (κ2) is 14.2. The van der Waals surface area contributed by atoms with E-state index < -0.39 is 15.6 Å². The minimum atomic E-state index is -3.60. The first-order valence-corrected chi connectivity index (χ1v) is 18.1. The lowest BCUT2D eigenvalue weighted by atomic mass is 10.1. The summed E-state index contributed by atoms with van der Waals surface area (Å²) in [4.78, 5) is 33.3. The number of benzene rings is 2. The summed E-state index contributed by atoms with van der Waals surface area (Å²) in [6, 6.07) is 11.5. The highest BCUT2D eigenvalue weighted by Crippen LogP contribution is 2.35. The number of nitrogens with one attached hydrogen (secondary N) is 1. The fourth-order valence-electron chi connectivity index (χ4n) is 5.39. The lowest BCUT2D eigenvalue weighted by molar-refractivity contribution is 0.0240. The molecule has 2 aromatic carbocycles. The predicted octanol–water partition coefficient (Wildman–Crippen LogP) is 6.38. The van der Waals surface area contributed by atoms with E-state index in [2.05, 4.69) is 28.7 Å². The number of unbranched alkanes of at least 4 members (excludes halogenated alkanes) is 4. The normalized spacial score (nSPS) is 15.4. The first-order chi connectivity index (χ1) is 20.3. The summed E-state index contributed by atoms with van der Waals surface area (Å²) in [5.41, 5.74) is 2.81. The zero-order chi connectivity index (χ0) is 31.2. The van der Waals surface area contributed by atoms with Crippen LogP contribution in [0.25, 0.3) is 0 Å². The van der Waals surface area contributed by atoms with Gasteiger partial charge >= 0.3 is 6.09 Å². The van der Waals surface area contributed by atoms with E-state index in [-0.39, 0.29) is 17.7 Å². The maximum absolute atomic E-state index is 14.0. The van der Waals surface area contributed by atoms with Gasteiger partial charge in [0.05, 0.1) is 17.5 Å². The molecule has 2 aromatic rings. The number of thioether (sulfide) groups is 1. The zero-order valence-electron chi connectivity index (χ0n) is 26.1. The van der Waals surface area contributed by atoms with E-state index in [0.29, 0.717) is 38.3 Å². The van der Waals surface area contributed by atoms with Crippen molar-refractivity contribution in [1.29, 1.82) is 0 Å². The topological polar surface area (TPSA) is 99.3 Å². The summed E-state index contributed by atoms with van der Waals surface area (Å²) >= 11 is 1.86. The van der Waals surface area contributed by atoms with Crippen molar-refractivity contribution in [3.8, 4) is 0 Å². The van der Waals surface area contributed by atoms with Gasteiger partial charge in [-0.25, -0.2) is 13.2 Å². The molecular weight excluding hydrogens is 585 g/mol. The number of nitrogens with zero attached hydrogens (tertiary/aromatic N) is 3. The second-order valence-electron chi connectivity index (χ2n) is 12.3. The van der Waals surface area contributed by atoms with Crippen LogP contribution in [0.5, 0.6) is 0 Å². The molecule has 4 rings (SSSR count). The largest absolute Gasteiger partial charge is 0.444 e. The van der Waals surface area contributed by atoms with E-state index in [9.17, 15) is 18.0 Å². The molecule has 2 amide bonds. The fraction of sp³-hybridized carbons (Fsp3) is 0.562. The van der Waals surface area contributed by atoms with E-state index in [4.69, 9.17) is 4.74 Å². The Morgan fingerprint density at radius 3 is 2.35 bits per heavy atom. The lowest BCUT2D eigenvalue weighted by Gasteiger charge is -2.37. The Balaban J connectivity index is 1.48. The Morgan fingerprint density at radius 1 is 0.953 bits per heavy atom. The van der Waals surface area contributed by atoms with Gasteiger partial charge in [-0.2, -0.15) is 0 Å². The highest BCUT2D eigenvalue weighted by molar-refractivity contribution is 7.99. The number of amides is 2. The van der Waals surface area contributed by atoms with Gasteiger partial charge in [0.15, 0.2) is 0 Å². The number of ether oxygens (including phenoxy) is 1. The van der Waals surface area contributed by atoms with Gasteiger partial charge in [-0.3, -0.25) is 9.52 Å². The number of sulfonamides is 1. The minimum absolute atomic E-state index is 0.240. The summed E-state index contributed by atoms with van der Waals surface area (Å²) in [5.74, 6) is 0.847. The standard InChI is InChI=1S/C32H46N4O5S2/c1-6-7-8-9-10-21-42-26-12-14-29-24(22-26)15-16-36(29)30(37)27-23-25(11-13-28(27)33-43(5,39)40)34-17-19-35(20-18-34)31(38)41-32(2,3)4/h11-14,22-23,33H,6-10,15-21H2,1-5H3. The number of piperazine rings is 1. The molecule has 0 aromatic heterocycles. The van der Waals surface area contributed by atoms with Crippen molar-refractivity contribution in [1.82, 2.24) is 4.90 Å². The maximum Gasteiger partial charge on any atom is 0.410 e. The summed E-state index contributed by atoms with van der Waals surface area (Å²) in [5, 5.41) is 0. The van der Waals surface area contributed by atoms with E-state index in [0.717, 1.165) is 35.4 Å². The number of fused-ring (bicyclic) bond motifs is 1. The smallest absolute Gasteiger partial charge is 0.410 e. The van der Waals surface area contributed by atoms with Gasteiger partial charge in [0.25, 0.3) is 5.91 Å². The third-order valence-electron chi connectivity index (χ3n) is 7.53. The van der Waals surface area contributed by atoms with Crippen molar-refractivity contribution < 1.29 is 22.7 Å². The van der Waals surface area contributed by atoms with Crippen LogP contribution in [0.2, 0.25) is 0 Å². The quantitative estimate of drug-likeness (QED) is 0.227. The monoisotopic (exact) mass is 630 g/mol. The second-order valence-corrected chi connectivity index (χ2v) is 15.2. The summed E-state index contributed by atoms with van der Waals surface area (Å²) in [7, 11) is -3.60. The Bertz CT molecular complexity index is 1400. The highest BCUT2D eigenvalue weighted by atomic mass is 32.2. The van der Waals surface area contributed by atoms with Gasteiger partial charge in [0, 0.05) is 49.0 Å². The summed E-state index contributed by atoms with van der Waals surface area (Å²) in [6.45, 7) is 10.4. The molecule has 0 bridgehead atoms. The average Bonchev–Trinajstić information content (AvgIpc) is 3.36. The van der Waals surface area contributed by atoms with Crippen molar-refractivity contribution in [3.63, 3.8) is 0 Å². The molecule has 43 heavy (non-hydrogen) atoms. The summed E-state index contributed by atoms with van der Waals surface area (Å²) < 4.78 is 32.4. The Labute approximate surface area is 261 Å². The van der Waals surface area contributed by atoms with E-state index in [1.54, 1.807) is 21.9 Å². The number of hydrogen-bond acceptors (Lipinski definition) is 7. The molecule has 0 atom stereocenters. The van der Waals surface area contributed by atoms with Crippen LogP contribution in [-0.4, -0.2) is 75.7 Å². The Morgan fingerprint density at radius 2 is 1.67 bits per heavy atom. The van der Waals surface area contributed by atoms with Crippen LogP contribution >= 0.6 is 11.8 Å². The number of hydrogen-bond donors (Lipinski definition) is 1. The minimum Gasteiger partial charge on any atom is -0.444 e. The Hall–Kier alpha value is -2.92. The zero-order valence-corrected chi connectivity index (χ0v) is 27.8. The van der Waals surface area contributed by atoms with Crippen LogP contribution in [0.15, 0.2) is 41.3 Å². The molecule has 0 spiro atoms. The van der Waals surface area contributed by atoms with Gasteiger partial charge in [-0.05, 0) is 81.3 Å². The van der Waals surface area contributed by atoms with Crippen LogP contribution in [0.3, 0.4) is 0 Å². The maximum atomic E-state index is 14.0. The SMILES string of the molecule is CCCCCCCSc1ccc2c(c1)CCN2C(=O)c1cc(N2CCN(C(=O)OC(C)(C)C)CC2)ccc1NS(C)(=O)=O. The molecule has 9 nitrogen and oxygen atoms in total. The predicted molar refractivity (Wildman–Crippen MR) is 176 cm³/mol. The molecule has 11 heteroatoms. The van der Waals surface area contributed by atoms with Crippen molar-refractivity contribution in [2.45, 2.75) is 76.7 Å². The fourth-order valence-corrected chi connectivity index (χ4v) is 6.94. The molecule has 0 saturated carbocycles. The first-order valence-electron chi connectivity index (χ1n) is 15.3. The van der Waals surface area contributed by atoms with Crippen LogP contribution in [-0.2, 0) is 21.2 Å². The van der Waals surface area contributed by atoms with E-state index >= 15 is 0 Å². The molecule has 1 saturated heterocycles. The molecule has 236 valence electrons. The van der Waals surface area contributed by atoms with Crippen molar-refractivity contribution in [3.05, 3.63) is 47.5 Å². The third kappa shape index (κ3) is 9.28. The van der Waals surface area contributed by atoms with E-state index in [1.807, 2.05) is 44.7 Å². The van der Waals surface area contributed by atoms with Crippen LogP contribution in [0.1, 0.15) is 75.7 Å².